The first kappa shape index (κ1) is 15.9. The number of hydrogen-bond acceptors (Lipinski definition) is 5. The third-order valence-electron chi connectivity index (χ3n) is 4.24. The van der Waals surface area contributed by atoms with Crippen molar-refractivity contribution in [3.63, 3.8) is 0 Å². The van der Waals surface area contributed by atoms with Gasteiger partial charge in [0, 0.05) is 36.9 Å². The smallest absolute Gasteiger partial charge is 0.272 e. The zero-order valence-corrected chi connectivity index (χ0v) is 14.0. The van der Waals surface area contributed by atoms with Crippen molar-refractivity contribution in [2.24, 2.45) is 0 Å². The molecule has 0 N–H and O–H groups in total. The molecule has 1 fully saturated rings. The fraction of sp³-hybridized carbons (Fsp3) is 0.412. The molecule has 0 aromatic heterocycles. The van der Waals surface area contributed by atoms with Crippen molar-refractivity contribution in [2.75, 3.05) is 42.6 Å². The highest BCUT2D eigenvalue weighted by molar-refractivity contribution is 6.30. The molecule has 1 aliphatic rings. The van der Waals surface area contributed by atoms with E-state index in [1.54, 1.807) is 6.92 Å². The van der Waals surface area contributed by atoms with Crippen LogP contribution in [0.1, 0.15) is 12.5 Å². The third kappa shape index (κ3) is 2.81. The molecule has 1 saturated heterocycles. The van der Waals surface area contributed by atoms with E-state index in [1.165, 1.54) is 5.56 Å². The van der Waals surface area contributed by atoms with Crippen LogP contribution >= 0.6 is 11.6 Å². The molecular weight excluding hydrogens is 316 g/mol. The first-order valence-electron chi connectivity index (χ1n) is 7.75. The zero-order chi connectivity index (χ0) is 16.6. The monoisotopic (exact) mass is 334 g/mol. The van der Waals surface area contributed by atoms with Gasteiger partial charge in [-0.25, -0.2) is 0 Å². The number of ether oxygens (including phenoxy) is 1. The van der Waals surface area contributed by atoms with E-state index in [1.807, 2.05) is 23.1 Å². The first-order valence-corrected chi connectivity index (χ1v) is 8.13. The Morgan fingerprint density at radius 2 is 1.74 bits per heavy atom. The zero-order valence-electron chi connectivity index (χ0n) is 13.3. The van der Waals surface area contributed by atoms with Crippen molar-refractivity contribution < 1.29 is 4.74 Å². The maximum Gasteiger partial charge on any atom is 0.272 e. The second-order valence-electron chi connectivity index (χ2n) is 5.67. The molecule has 0 spiro atoms. The molecule has 6 heteroatoms. The summed E-state index contributed by atoms with van der Waals surface area (Å²) in [4.78, 5) is 27.6. The van der Waals surface area contributed by atoms with E-state index in [9.17, 15) is 9.59 Å². The van der Waals surface area contributed by atoms with Crippen LogP contribution in [-0.4, -0.2) is 32.8 Å². The summed E-state index contributed by atoms with van der Waals surface area (Å²) >= 11 is 6.09. The number of benzene rings is 1. The molecule has 1 heterocycles. The topological polar surface area (TPSA) is 49.9 Å². The van der Waals surface area contributed by atoms with Gasteiger partial charge in [-0.3, -0.25) is 9.59 Å². The fourth-order valence-electron chi connectivity index (χ4n) is 3.02. The van der Waals surface area contributed by atoms with Gasteiger partial charge in [0.15, 0.2) is 5.75 Å². The first-order chi connectivity index (χ1) is 11.0. The highest BCUT2D eigenvalue weighted by atomic mass is 35.5. The predicted octanol–water partition coefficient (Wildman–Crippen LogP) is 1.97. The van der Waals surface area contributed by atoms with Crippen molar-refractivity contribution in [1.29, 1.82) is 0 Å². The van der Waals surface area contributed by atoms with Gasteiger partial charge in [0.05, 0.1) is 6.61 Å². The molecule has 1 aliphatic heterocycles. The van der Waals surface area contributed by atoms with Gasteiger partial charge in [0.1, 0.15) is 5.69 Å². The second-order valence-corrected chi connectivity index (χ2v) is 6.11. The Balaban J connectivity index is 1.74. The standard InChI is InChI=1S/C17H19ClN2O3/c1-3-23-17-14(15(21)16(17)22)20-8-6-19(7-9-20)13-10-12(18)5-4-11(13)2/h4-5,10H,3,6-9H2,1-2H3. The summed E-state index contributed by atoms with van der Waals surface area (Å²) < 4.78 is 5.31. The molecule has 0 atom stereocenters. The van der Waals surface area contributed by atoms with Gasteiger partial charge in [0.25, 0.3) is 10.9 Å². The minimum atomic E-state index is -0.505. The third-order valence-corrected chi connectivity index (χ3v) is 4.47. The quantitative estimate of drug-likeness (QED) is 0.800. The summed E-state index contributed by atoms with van der Waals surface area (Å²) in [6, 6.07) is 5.86. The van der Waals surface area contributed by atoms with E-state index in [4.69, 9.17) is 16.3 Å². The number of aryl methyl sites for hydroxylation is 1. The summed E-state index contributed by atoms with van der Waals surface area (Å²) in [6.45, 7) is 7.15. The highest BCUT2D eigenvalue weighted by Crippen LogP contribution is 2.28. The van der Waals surface area contributed by atoms with Crippen molar-refractivity contribution in [1.82, 2.24) is 0 Å². The molecular formula is C17H19ClN2O3. The lowest BCUT2D eigenvalue weighted by molar-refractivity contribution is 0.332. The van der Waals surface area contributed by atoms with Crippen molar-refractivity contribution in [3.05, 3.63) is 49.2 Å². The van der Waals surface area contributed by atoms with Crippen molar-refractivity contribution >= 4 is 23.0 Å². The molecule has 5 nitrogen and oxygen atoms in total. The molecule has 2 aromatic carbocycles. The molecule has 23 heavy (non-hydrogen) atoms. The molecule has 2 aromatic rings. The van der Waals surface area contributed by atoms with Gasteiger partial charge < -0.3 is 14.5 Å². The van der Waals surface area contributed by atoms with Crippen LogP contribution in [0.15, 0.2) is 27.8 Å². The summed E-state index contributed by atoms with van der Waals surface area (Å²) in [5.41, 5.74) is 1.80. The van der Waals surface area contributed by atoms with Gasteiger partial charge >= 0.3 is 0 Å². The minimum absolute atomic E-state index is 0.227. The average Bonchev–Trinajstić information content (AvgIpc) is 2.57. The molecule has 122 valence electrons. The van der Waals surface area contributed by atoms with E-state index >= 15 is 0 Å². The Kier molecular flexibility index (Phi) is 4.31. The minimum Gasteiger partial charge on any atom is -0.488 e. The number of nitrogens with zero attached hydrogens (tertiary/aromatic N) is 2. The lowest BCUT2D eigenvalue weighted by Gasteiger charge is -2.38. The van der Waals surface area contributed by atoms with E-state index in [-0.39, 0.29) is 5.75 Å². The van der Waals surface area contributed by atoms with E-state index in [0.717, 1.165) is 18.8 Å². The van der Waals surface area contributed by atoms with Crippen LogP contribution in [-0.2, 0) is 0 Å². The second kappa shape index (κ2) is 6.24. The fourth-order valence-corrected chi connectivity index (χ4v) is 3.18. The number of piperazine rings is 1. The normalized spacial score (nSPS) is 15.3. The SMILES string of the molecule is CCOc1c(N2CCN(c3cc(Cl)ccc3C)CC2)c(=O)c1=O. The van der Waals surface area contributed by atoms with Crippen LogP contribution in [0.4, 0.5) is 11.4 Å². The van der Waals surface area contributed by atoms with Crippen LogP contribution in [0.2, 0.25) is 5.02 Å². The molecule has 0 aliphatic carbocycles. The maximum atomic E-state index is 11.8. The lowest BCUT2D eigenvalue weighted by atomic mass is 10.1. The number of anilines is 2. The van der Waals surface area contributed by atoms with Crippen LogP contribution in [0.25, 0.3) is 0 Å². The van der Waals surface area contributed by atoms with E-state index in [0.29, 0.717) is 30.4 Å². The summed E-state index contributed by atoms with van der Waals surface area (Å²) in [7, 11) is 0. The van der Waals surface area contributed by atoms with Crippen LogP contribution < -0.4 is 25.4 Å². The molecule has 3 rings (SSSR count). The average molecular weight is 335 g/mol. The Morgan fingerprint density at radius 1 is 1.09 bits per heavy atom. The van der Waals surface area contributed by atoms with Crippen LogP contribution in [0.5, 0.6) is 5.75 Å². The summed E-state index contributed by atoms with van der Waals surface area (Å²) in [5.74, 6) is 0.227. The number of hydrogen-bond donors (Lipinski definition) is 0. The maximum absolute atomic E-state index is 11.8. The van der Waals surface area contributed by atoms with Gasteiger partial charge in [0.2, 0.25) is 0 Å². The van der Waals surface area contributed by atoms with Crippen molar-refractivity contribution in [2.45, 2.75) is 13.8 Å². The molecule has 0 radical (unpaired) electrons. The molecule has 0 saturated carbocycles. The Morgan fingerprint density at radius 3 is 2.39 bits per heavy atom. The van der Waals surface area contributed by atoms with Gasteiger partial charge in [-0.1, -0.05) is 17.7 Å². The molecule has 0 amide bonds. The van der Waals surface area contributed by atoms with Crippen LogP contribution in [0, 0.1) is 6.92 Å². The Labute approximate surface area is 139 Å². The number of halogens is 1. The number of rotatable bonds is 4. The summed E-state index contributed by atoms with van der Waals surface area (Å²) in [5, 5.41) is 0.717. The van der Waals surface area contributed by atoms with Gasteiger partial charge in [-0.15, -0.1) is 0 Å². The summed E-state index contributed by atoms with van der Waals surface area (Å²) in [6.07, 6.45) is 0. The Hall–Kier alpha value is -2.01. The molecule has 0 unspecified atom stereocenters. The predicted molar refractivity (Wildman–Crippen MR) is 93.1 cm³/mol. The van der Waals surface area contributed by atoms with Gasteiger partial charge in [-0.2, -0.15) is 0 Å². The van der Waals surface area contributed by atoms with Crippen molar-refractivity contribution in [3.8, 4) is 5.75 Å². The van der Waals surface area contributed by atoms with E-state index in [2.05, 4.69) is 11.8 Å². The Bertz CT molecular complexity index is 788. The highest BCUT2D eigenvalue weighted by Gasteiger charge is 2.29. The van der Waals surface area contributed by atoms with E-state index < -0.39 is 10.9 Å². The van der Waals surface area contributed by atoms with Gasteiger partial charge in [-0.05, 0) is 31.5 Å². The lowest BCUT2D eigenvalue weighted by Crippen LogP contribution is -2.51. The largest absolute Gasteiger partial charge is 0.488 e. The van der Waals surface area contributed by atoms with Crippen LogP contribution in [0.3, 0.4) is 0 Å². The molecule has 0 bridgehead atoms.